The van der Waals surface area contributed by atoms with Gasteiger partial charge in [-0.25, -0.2) is 0 Å². The highest BCUT2D eigenvalue weighted by Crippen LogP contribution is 2.06. The van der Waals surface area contributed by atoms with Crippen LogP contribution in [0.4, 0.5) is 0 Å². The molecule has 12 heavy (non-hydrogen) atoms. The van der Waals surface area contributed by atoms with Crippen LogP contribution in [0, 0.1) is 6.92 Å². The third-order valence-corrected chi connectivity index (χ3v) is 1.64. The molecule has 0 fully saturated rings. The molecule has 1 N–H and O–H groups in total. The average molecular weight is 166 g/mol. The first-order valence-corrected chi connectivity index (χ1v) is 4.41. The summed E-state index contributed by atoms with van der Waals surface area (Å²) in [5, 5.41) is 7.57. The number of aliphatic hydroxyl groups is 1. The zero-order valence-corrected chi connectivity index (χ0v) is 8.17. The number of hydrogen-bond acceptors (Lipinski definition) is 1. The average Bonchev–Trinajstić information content (AvgIpc) is 2.07. The van der Waals surface area contributed by atoms with Crippen LogP contribution in [0.15, 0.2) is 24.3 Å². The summed E-state index contributed by atoms with van der Waals surface area (Å²) in [6.07, 6.45) is 1.15. The molecule has 0 aliphatic carbocycles. The molecule has 68 valence electrons. The van der Waals surface area contributed by atoms with Gasteiger partial charge in [0.2, 0.25) is 0 Å². The van der Waals surface area contributed by atoms with Crippen LogP contribution in [0.25, 0.3) is 0 Å². The molecule has 1 rings (SSSR count). The Morgan fingerprint density at radius 2 is 1.67 bits per heavy atom. The van der Waals surface area contributed by atoms with E-state index >= 15 is 0 Å². The van der Waals surface area contributed by atoms with Crippen LogP contribution in [0.5, 0.6) is 0 Å². The van der Waals surface area contributed by atoms with Crippen molar-refractivity contribution < 1.29 is 5.11 Å². The third kappa shape index (κ3) is 4.14. The van der Waals surface area contributed by atoms with Crippen molar-refractivity contribution in [3.63, 3.8) is 0 Å². The molecule has 0 aliphatic heterocycles. The highest BCUT2D eigenvalue weighted by molar-refractivity contribution is 5.24. The van der Waals surface area contributed by atoms with Gasteiger partial charge in [-0.1, -0.05) is 31.2 Å². The zero-order valence-electron chi connectivity index (χ0n) is 8.17. The molecule has 1 heteroatoms. The number of hydrogen-bond donors (Lipinski definition) is 1. The first-order valence-electron chi connectivity index (χ1n) is 4.41. The van der Waals surface area contributed by atoms with Gasteiger partial charge in [0.15, 0.2) is 0 Å². The van der Waals surface area contributed by atoms with Gasteiger partial charge in [0, 0.05) is 6.61 Å². The predicted octanol–water partition coefficient (Wildman–Crippen LogP) is 2.56. The fourth-order valence-electron chi connectivity index (χ4n) is 1.01. The number of aryl methyl sites for hydroxylation is 2. The van der Waals surface area contributed by atoms with Crippen molar-refractivity contribution in [1.29, 1.82) is 0 Å². The van der Waals surface area contributed by atoms with Crippen molar-refractivity contribution in [1.82, 2.24) is 0 Å². The molecule has 1 nitrogen and oxygen atoms in total. The minimum absolute atomic E-state index is 0.250. The lowest BCUT2D eigenvalue weighted by Gasteiger charge is -1.98. The standard InChI is InChI=1S/C9H12.C2H6O/c1-3-9-7-5-4-6-8(9)2;1-2-3/h4-7H,3H2,1-2H3;3H,2H2,1H3. The topological polar surface area (TPSA) is 20.2 Å². The summed E-state index contributed by atoms with van der Waals surface area (Å²) >= 11 is 0. The largest absolute Gasteiger partial charge is 0.397 e. The van der Waals surface area contributed by atoms with E-state index in [-0.39, 0.29) is 6.61 Å². The molecule has 0 spiro atoms. The van der Waals surface area contributed by atoms with Gasteiger partial charge in [-0.3, -0.25) is 0 Å². The first-order chi connectivity index (χ1) is 5.76. The molecular formula is C11H18O. The number of rotatable bonds is 1. The maximum Gasteiger partial charge on any atom is 0.0402 e. The van der Waals surface area contributed by atoms with Gasteiger partial charge < -0.3 is 5.11 Å². The van der Waals surface area contributed by atoms with Crippen LogP contribution < -0.4 is 0 Å². The number of benzene rings is 1. The van der Waals surface area contributed by atoms with E-state index in [1.54, 1.807) is 6.92 Å². The normalized spacial score (nSPS) is 8.67. The summed E-state index contributed by atoms with van der Waals surface area (Å²) in [7, 11) is 0. The van der Waals surface area contributed by atoms with Crippen molar-refractivity contribution in [2.75, 3.05) is 6.61 Å². The molecule has 0 amide bonds. The van der Waals surface area contributed by atoms with Crippen molar-refractivity contribution in [3.05, 3.63) is 35.4 Å². The van der Waals surface area contributed by atoms with E-state index in [1.165, 1.54) is 11.1 Å². The van der Waals surface area contributed by atoms with Crippen molar-refractivity contribution in [3.8, 4) is 0 Å². The molecular weight excluding hydrogens is 148 g/mol. The Morgan fingerprint density at radius 1 is 1.17 bits per heavy atom. The monoisotopic (exact) mass is 166 g/mol. The fourth-order valence-corrected chi connectivity index (χ4v) is 1.01. The van der Waals surface area contributed by atoms with Gasteiger partial charge in [-0.15, -0.1) is 0 Å². The Morgan fingerprint density at radius 3 is 2.00 bits per heavy atom. The lowest BCUT2D eigenvalue weighted by molar-refractivity contribution is 0.318. The van der Waals surface area contributed by atoms with E-state index in [0.29, 0.717) is 0 Å². The maximum atomic E-state index is 7.57. The minimum Gasteiger partial charge on any atom is -0.397 e. The fraction of sp³-hybridized carbons (Fsp3) is 0.455. The highest BCUT2D eigenvalue weighted by atomic mass is 16.2. The lowest BCUT2D eigenvalue weighted by atomic mass is 10.1. The van der Waals surface area contributed by atoms with Crippen LogP contribution in [0.1, 0.15) is 25.0 Å². The van der Waals surface area contributed by atoms with Crippen LogP contribution in [-0.4, -0.2) is 11.7 Å². The first kappa shape index (κ1) is 11.2. The Hall–Kier alpha value is -0.820. The molecule has 0 aromatic heterocycles. The second-order valence-electron chi connectivity index (χ2n) is 2.60. The molecule has 0 atom stereocenters. The molecule has 0 heterocycles. The van der Waals surface area contributed by atoms with E-state index in [1.807, 2.05) is 0 Å². The van der Waals surface area contributed by atoms with Gasteiger partial charge in [-0.05, 0) is 31.4 Å². The molecule has 0 unspecified atom stereocenters. The molecule has 1 aromatic rings. The van der Waals surface area contributed by atoms with Crippen LogP contribution in [-0.2, 0) is 6.42 Å². The Labute approximate surface area is 75.1 Å². The van der Waals surface area contributed by atoms with Crippen molar-refractivity contribution in [2.24, 2.45) is 0 Å². The van der Waals surface area contributed by atoms with Crippen LogP contribution in [0.2, 0.25) is 0 Å². The predicted molar refractivity (Wildman–Crippen MR) is 53.3 cm³/mol. The van der Waals surface area contributed by atoms with Crippen LogP contribution >= 0.6 is 0 Å². The number of aliphatic hydroxyl groups excluding tert-OH is 1. The summed E-state index contributed by atoms with van der Waals surface area (Å²) in [6.45, 7) is 6.27. The van der Waals surface area contributed by atoms with Gasteiger partial charge in [-0.2, -0.15) is 0 Å². The highest BCUT2D eigenvalue weighted by Gasteiger charge is 1.89. The second-order valence-corrected chi connectivity index (χ2v) is 2.60. The SMILES string of the molecule is CCO.CCc1ccccc1C. The minimum atomic E-state index is 0.250. The van der Waals surface area contributed by atoms with Gasteiger partial charge >= 0.3 is 0 Å². The second kappa shape index (κ2) is 6.86. The van der Waals surface area contributed by atoms with Gasteiger partial charge in [0.05, 0.1) is 0 Å². The molecule has 1 aromatic carbocycles. The molecule has 0 aliphatic rings. The summed E-state index contributed by atoms with van der Waals surface area (Å²) in [4.78, 5) is 0. The van der Waals surface area contributed by atoms with Crippen molar-refractivity contribution >= 4 is 0 Å². The lowest BCUT2D eigenvalue weighted by Crippen LogP contribution is -1.82. The summed E-state index contributed by atoms with van der Waals surface area (Å²) < 4.78 is 0. The van der Waals surface area contributed by atoms with Gasteiger partial charge in [0.1, 0.15) is 0 Å². The quantitative estimate of drug-likeness (QED) is 0.679. The summed E-state index contributed by atoms with van der Waals surface area (Å²) in [6, 6.07) is 8.49. The van der Waals surface area contributed by atoms with Gasteiger partial charge in [0.25, 0.3) is 0 Å². The van der Waals surface area contributed by atoms with E-state index in [0.717, 1.165) is 6.42 Å². The van der Waals surface area contributed by atoms with E-state index < -0.39 is 0 Å². The molecule has 0 saturated heterocycles. The Bertz CT molecular complexity index is 206. The Kier molecular flexibility index (Phi) is 6.39. The molecule has 0 saturated carbocycles. The Balaban J connectivity index is 0.000000354. The zero-order chi connectivity index (χ0) is 9.40. The van der Waals surface area contributed by atoms with E-state index in [4.69, 9.17) is 5.11 Å². The van der Waals surface area contributed by atoms with Crippen LogP contribution in [0.3, 0.4) is 0 Å². The van der Waals surface area contributed by atoms with E-state index in [2.05, 4.69) is 38.1 Å². The summed E-state index contributed by atoms with van der Waals surface area (Å²) in [5.41, 5.74) is 2.86. The smallest absolute Gasteiger partial charge is 0.0402 e. The summed E-state index contributed by atoms with van der Waals surface area (Å²) in [5.74, 6) is 0. The maximum absolute atomic E-state index is 7.57. The van der Waals surface area contributed by atoms with E-state index in [9.17, 15) is 0 Å². The molecule has 0 bridgehead atoms. The van der Waals surface area contributed by atoms with Crippen molar-refractivity contribution in [2.45, 2.75) is 27.2 Å². The third-order valence-electron chi connectivity index (χ3n) is 1.64. The molecule has 0 radical (unpaired) electrons.